The van der Waals surface area contributed by atoms with Crippen LogP contribution < -0.4 is 16.8 Å². The number of rotatable bonds is 4. The van der Waals surface area contributed by atoms with Crippen molar-refractivity contribution in [1.82, 2.24) is 0 Å². The Bertz CT molecular complexity index is 450. The van der Waals surface area contributed by atoms with Crippen LogP contribution in [0.4, 0.5) is 10.1 Å². The monoisotopic (exact) mass is 251 g/mol. The predicted molar refractivity (Wildman–Crippen MR) is 68.7 cm³/mol. The molecule has 2 unspecified atom stereocenters. The molecule has 1 fully saturated rings. The Labute approximate surface area is 106 Å². The van der Waals surface area contributed by atoms with E-state index >= 15 is 0 Å². The standard InChI is InChI=1S/C13H18FN3O/c14-10-6-8(13(16)18)4-5-12(10)17-11-3-1-2-9(11)7-15/h4-6,9,11,17H,1-3,7,15H2,(H2,16,18). The zero-order valence-corrected chi connectivity index (χ0v) is 10.2. The van der Waals surface area contributed by atoms with Gasteiger partial charge in [0.25, 0.3) is 0 Å². The highest BCUT2D eigenvalue weighted by Gasteiger charge is 2.26. The van der Waals surface area contributed by atoms with Gasteiger partial charge in [0.2, 0.25) is 5.91 Å². The summed E-state index contributed by atoms with van der Waals surface area (Å²) in [4.78, 5) is 10.9. The highest BCUT2D eigenvalue weighted by atomic mass is 19.1. The van der Waals surface area contributed by atoms with E-state index in [0.717, 1.165) is 25.3 Å². The molecule has 1 aliphatic carbocycles. The molecule has 0 aliphatic heterocycles. The van der Waals surface area contributed by atoms with Gasteiger partial charge in [0.05, 0.1) is 5.69 Å². The van der Waals surface area contributed by atoms with Crippen LogP contribution in [0.2, 0.25) is 0 Å². The molecule has 1 aromatic carbocycles. The minimum atomic E-state index is -0.624. The first-order valence-corrected chi connectivity index (χ1v) is 6.17. The van der Waals surface area contributed by atoms with Crippen molar-refractivity contribution in [3.8, 4) is 0 Å². The maximum atomic E-state index is 13.8. The van der Waals surface area contributed by atoms with E-state index in [-0.39, 0.29) is 11.6 Å². The Hall–Kier alpha value is -1.62. The summed E-state index contributed by atoms with van der Waals surface area (Å²) in [6, 6.07) is 4.46. The van der Waals surface area contributed by atoms with Crippen LogP contribution in [0.3, 0.4) is 0 Å². The molecule has 2 atom stereocenters. The molecule has 0 spiro atoms. The summed E-state index contributed by atoms with van der Waals surface area (Å²) in [6.07, 6.45) is 3.19. The second-order valence-electron chi connectivity index (χ2n) is 4.74. The minimum Gasteiger partial charge on any atom is -0.380 e. The van der Waals surface area contributed by atoms with Crippen molar-refractivity contribution in [3.63, 3.8) is 0 Å². The van der Waals surface area contributed by atoms with Crippen LogP contribution in [0, 0.1) is 11.7 Å². The Morgan fingerprint density at radius 2 is 2.22 bits per heavy atom. The number of anilines is 1. The second-order valence-corrected chi connectivity index (χ2v) is 4.74. The van der Waals surface area contributed by atoms with Gasteiger partial charge >= 0.3 is 0 Å². The zero-order valence-electron chi connectivity index (χ0n) is 10.2. The van der Waals surface area contributed by atoms with Gasteiger partial charge in [-0.2, -0.15) is 0 Å². The van der Waals surface area contributed by atoms with E-state index in [1.165, 1.54) is 6.07 Å². The van der Waals surface area contributed by atoms with E-state index in [2.05, 4.69) is 5.32 Å². The van der Waals surface area contributed by atoms with Gasteiger partial charge in [-0.1, -0.05) is 6.42 Å². The summed E-state index contributed by atoms with van der Waals surface area (Å²) in [7, 11) is 0. The Morgan fingerprint density at radius 3 is 2.83 bits per heavy atom. The van der Waals surface area contributed by atoms with E-state index in [9.17, 15) is 9.18 Å². The summed E-state index contributed by atoms with van der Waals surface area (Å²) in [6.45, 7) is 0.610. The van der Waals surface area contributed by atoms with Crippen molar-refractivity contribution in [1.29, 1.82) is 0 Å². The average molecular weight is 251 g/mol. The molecule has 1 amide bonds. The molecule has 0 saturated heterocycles. The number of nitrogens with one attached hydrogen (secondary N) is 1. The first-order chi connectivity index (χ1) is 8.61. The van der Waals surface area contributed by atoms with Gasteiger partial charge in [-0.15, -0.1) is 0 Å². The number of amides is 1. The third-order valence-corrected chi connectivity index (χ3v) is 3.56. The van der Waals surface area contributed by atoms with Crippen molar-refractivity contribution in [2.75, 3.05) is 11.9 Å². The summed E-state index contributed by atoms with van der Waals surface area (Å²) < 4.78 is 13.8. The lowest BCUT2D eigenvalue weighted by atomic mass is 10.0. The molecule has 1 aromatic rings. The molecule has 0 bridgehead atoms. The molecule has 2 rings (SSSR count). The van der Waals surface area contributed by atoms with Crippen LogP contribution >= 0.6 is 0 Å². The van der Waals surface area contributed by atoms with Gasteiger partial charge < -0.3 is 16.8 Å². The topological polar surface area (TPSA) is 81.1 Å². The Balaban J connectivity index is 2.12. The van der Waals surface area contributed by atoms with Crippen LogP contribution in [0.5, 0.6) is 0 Å². The molecule has 4 nitrogen and oxygen atoms in total. The maximum absolute atomic E-state index is 13.8. The van der Waals surface area contributed by atoms with Gasteiger partial charge in [-0.25, -0.2) is 4.39 Å². The minimum absolute atomic E-state index is 0.180. The van der Waals surface area contributed by atoms with E-state index in [4.69, 9.17) is 11.5 Å². The molecular weight excluding hydrogens is 233 g/mol. The number of nitrogens with two attached hydrogens (primary N) is 2. The van der Waals surface area contributed by atoms with Gasteiger partial charge in [0.15, 0.2) is 0 Å². The van der Waals surface area contributed by atoms with Crippen molar-refractivity contribution in [3.05, 3.63) is 29.6 Å². The number of carbonyl (C=O) groups excluding carboxylic acids is 1. The smallest absolute Gasteiger partial charge is 0.248 e. The number of carbonyl (C=O) groups is 1. The van der Waals surface area contributed by atoms with Crippen LogP contribution in [-0.2, 0) is 0 Å². The quantitative estimate of drug-likeness (QED) is 0.757. The fraction of sp³-hybridized carbons (Fsp3) is 0.462. The fourth-order valence-corrected chi connectivity index (χ4v) is 2.49. The SMILES string of the molecule is NCC1CCCC1Nc1ccc(C(N)=O)cc1F. The summed E-state index contributed by atoms with van der Waals surface area (Å²) in [5.74, 6) is -0.685. The van der Waals surface area contributed by atoms with E-state index in [1.54, 1.807) is 6.07 Å². The van der Waals surface area contributed by atoms with Crippen LogP contribution in [0.15, 0.2) is 18.2 Å². The van der Waals surface area contributed by atoms with E-state index < -0.39 is 11.7 Å². The largest absolute Gasteiger partial charge is 0.380 e. The van der Waals surface area contributed by atoms with Crippen LogP contribution in [-0.4, -0.2) is 18.5 Å². The molecule has 1 saturated carbocycles. The molecular formula is C13H18FN3O. The molecule has 0 heterocycles. The zero-order chi connectivity index (χ0) is 13.1. The summed E-state index contributed by atoms with van der Waals surface area (Å²) in [5.41, 5.74) is 11.4. The third-order valence-electron chi connectivity index (χ3n) is 3.56. The molecule has 0 aromatic heterocycles. The third kappa shape index (κ3) is 2.61. The number of halogens is 1. The van der Waals surface area contributed by atoms with Gasteiger partial charge in [0.1, 0.15) is 5.82 Å². The molecule has 0 radical (unpaired) electrons. The van der Waals surface area contributed by atoms with E-state index in [1.807, 2.05) is 0 Å². The van der Waals surface area contributed by atoms with Gasteiger partial charge in [0, 0.05) is 11.6 Å². The van der Waals surface area contributed by atoms with Crippen molar-refractivity contribution in [2.24, 2.45) is 17.4 Å². The Morgan fingerprint density at radius 1 is 1.44 bits per heavy atom. The van der Waals surface area contributed by atoms with E-state index in [0.29, 0.717) is 18.2 Å². The predicted octanol–water partition coefficient (Wildman–Crippen LogP) is 1.46. The molecule has 5 N–H and O–H groups in total. The molecule has 5 heteroatoms. The van der Waals surface area contributed by atoms with Gasteiger partial charge in [-0.3, -0.25) is 4.79 Å². The Kier molecular flexibility index (Phi) is 3.81. The first kappa shape index (κ1) is 12.8. The van der Waals surface area contributed by atoms with Gasteiger partial charge in [-0.05, 0) is 43.5 Å². The normalized spacial score (nSPS) is 23.0. The maximum Gasteiger partial charge on any atom is 0.248 e. The van der Waals surface area contributed by atoms with Crippen LogP contribution in [0.1, 0.15) is 29.6 Å². The molecule has 98 valence electrons. The number of hydrogen-bond donors (Lipinski definition) is 3. The first-order valence-electron chi connectivity index (χ1n) is 6.17. The highest BCUT2D eigenvalue weighted by molar-refractivity contribution is 5.93. The van der Waals surface area contributed by atoms with Crippen molar-refractivity contribution in [2.45, 2.75) is 25.3 Å². The van der Waals surface area contributed by atoms with Crippen molar-refractivity contribution >= 4 is 11.6 Å². The number of primary amides is 1. The lowest BCUT2D eigenvalue weighted by Gasteiger charge is -2.21. The van der Waals surface area contributed by atoms with Crippen molar-refractivity contribution < 1.29 is 9.18 Å². The second kappa shape index (κ2) is 5.35. The number of benzene rings is 1. The average Bonchev–Trinajstić information content (AvgIpc) is 2.78. The lowest BCUT2D eigenvalue weighted by molar-refractivity contribution is 0.1000. The fourth-order valence-electron chi connectivity index (χ4n) is 2.49. The van der Waals surface area contributed by atoms with Crippen LogP contribution in [0.25, 0.3) is 0 Å². The molecule has 1 aliphatic rings. The summed E-state index contributed by atoms with van der Waals surface area (Å²) >= 11 is 0. The number of hydrogen-bond acceptors (Lipinski definition) is 3. The summed E-state index contributed by atoms with van der Waals surface area (Å²) in [5, 5.41) is 3.17. The highest BCUT2D eigenvalue weighted by Crippen LogP contribution is 2.28. The lowest BCUT2D eigenvalue weighted by Crippen LogP contribution is -2.29. The molecule has 18 heavy (non-hydrogen) atoms.